The molecule has 0 spiro atoms. The molecule has 1 amide bonds. The van der Waals surface area contributed by atoms with Crippen LogP contribution in [-0.2, 0) is 14.6 Å². The summed E-state index contributed by atoms with van der Waals surface area (Å²) in [4.78, 5) is 11.9. The van der Waals surface area contributed by atoms with Crippen LogP contribution in [0.3, 0.4) is 0 Å². The summed E-state index contributed by atoms with van der Waals surface area (Å²) in [5.74, 6) is 0.305. The van der Waals surface area contributed by atoms with E-state index in [0.29, 0.717) is 16.6 Å². The van der Waals surface area contributed by atoms with Crippen molar-refractivity contribution in [1.29, 1.82) is 0 Å². The minimum Gasteiger partial charge on any atom is -0.324 e. The van der Waals surface area contributed by atoms with Gasteiger partial charge in [-0.2, -0.15) is 0 Å². The Labute approximate surface area is 111 Å². The molecule has 1 fully saturated rings. The van der Waals surface area contributed by atoms with Gasteiger partial charge in [-0.05, 0) is 30.5 Å². The second-order valence-corrected chi connectivity index (χ2v) is 7.15. The van der Waals surface area contributed by atoms with Crippen molar-refractivity contribution >= 4 is 33.0 Å². The van der Waals surface area contributed by atoms with Crippen molar-refractivity contribution < 1.29 is 13.2 Å². The highest BCUT2D eigenvalue weighted by molar-refractivity contribution is 7.90. The smallest absolute Gasteiger partial charge is 0.227 e. The molecule has 0 saturated heterocycles. The zero-order valence-electron chi connectivity index (χ0n) is 10.1. The van der Waals surface area contributed by atoms with E-state index in [2.05, 4.69) is 5.32 Å². The van der Waals surface area contributed by atoms with Crippen LogP contribution in [0.2, 0.25) is 5.02 Å². The first-order chi connectivity index (χ1) is 8.29. The number of carbonyl (C=O) groups is 1. The van der Waals surface area contributed by atoms with E-state index in [1.54, 1.807) is 0 Å². The Balaban J connectivity index is 2.24. The average Bonchev–Trinajstić information content (AvgIpc) is 2.97. The molecule has 0 heterocycles. The summed E-state index contributed by atoms with van der Waals surface area (Å²) in [6.07, 6.45) is 1.99. The lowest BCUT2D eigenvalue weighted by molar-refractivity contribution is -0.117. The molecule has 0 bridgehead atoms. The minimum atomic E-state index is -3.30. The highest BCUT2D eigenvalue weighted by atomic mass is 35.5. The first-order valence-corrected chi connectivity index (χ1v) is 7.86. The lowest BCUT2D eigenvalue weighted by Gasteiger charge is -2.08. The quantitative estimate of drug-likeness (QED) is 0.928. The van der Waals surface area contributed by atoms with E-state index in [-0.39, 0.29) is 16.7 Å². The van der Waals surface area contributed by atoms with Gasteiger partial charge >= 0.3 is 0 Å². The zero-order valence-corrected chi connectivity index (χ0v) is 11.7. The molecule has 1 aliphatic rings. The molecule has 18 heavy (non-hydrogen) atoms. The van der Waals surface area contributed by atoms with E-state index < -0.39 is 9.84 Å². The number of anilines is 1. The lowest BCUT2D eigenvalue weighted by atomic mass is 10.2. The third-order valence-corrected chi connectivity index (χ3v) is 4.51. The Morgan fingerprint density at radius 2 is 2.06 bits per heavy atom. The van der Waals surface area contributed by atoms with Crippen LogP contribution in [0.1, 0.15) is 13.3 Å². The summed E-state index contributed by atoms with van der Waals surface area (Å²) < 4.78 is 22.8. The Morgan fingerprint density at radius 3 is 2.56 bits per heavy atom. The molecule has 6 heteroatoms. The monoisotopic (exact) mass is 287 g/mol. The number of sulfone groups is 1. The van der Waals surface area contributed by atoms with Crippen LogP contribution in [0.5, 0.6) is 0 Å². The molecule has 1 aliphatic carbocycles. The van der Waals surface area contributed by atoms with Crippen LogP contribution in [0, 0.1) is 11.8 Å². The lowest BCUT2D eigenvalue weighted by Crippen LogP contribution is -2.15. The molecule has 2 atom stereocenters. The van der Waals surface area contributed by atoms with Crippen molar-refractivity contribution in [1.82, 2.24) is 0 Å². The Kier molecular flexibility index (Phi) is 3.38. The molecule has 1 aromatic rings. The third kappa shape index (κ3) is 2.84. The predicted octanol–water partition coefficient (Wildman–Crippen LogP) is 2.34. The molecule has 1 aromatic carbocycles. The van der Waals surface area contributed by atoms with E-state index in [0.717, 1.165) is 12.7 Å². The Hall–Kier alpha value is -1.07. The topological polar surface area (TPSA) is 63.2 Å². The van der Waals surface area contributed by atoms with E-state index in [4.69, 9.17) is 11.6 Å². The largest absolute Gasteiger partial charge is 0.324 e. The van der Waals surface area contributed by atoms with Gasteiger partial charge in [-0.15, -0.1) is 0 Å². The van der Waals surface area contributed by atoms with Crippen LogP contribution in [-0.4, -0.2) is 20.6 Å². The maximum atomic E-state index is 11.8. The summed E-state index contributed by atoms with van der Waals surface area (Å²) in [6.45, 7) is 2.00. The number of rotatable bonds is 3. The van der Waals surface area contributed by atoms with Crippen LogP contribution in [0.15, 0.2) is 23.1 Å². The van der Waals surface area contributed by atoms with Gasteiger partial charge in [0.2, 0.25) is 5.91 Å². The van der Waals surface area contributed by atoms with Crippen molar-refractivity contribution in [3.63, 3.8) is 0 Å². The zero-order chi connectivity index (χ0) is 13.5. The number of benzene rings is 1. The Morgan fingerprint density at radius 1 is 1.44 bits per heavy atom. The fourth-order valence-electron chi connectivity index (χ4n) is 1.74. The van der Waals surface area contributed by atoms with Crippen LogP contribution >= 0.6 is 11.6 Å². The molecule has 2 rings (SSSR count). The standard InChI is InChI=1S/C12H14ClNO3S/c1-7-5-9(7)12(15)14-11-6-8(18(2,16)17)3-4-10(11)13/h3-4,6-7,9H,5H2,1-2H3,(H,14,15). The van der Waals surface area contributed by atoms with Gasteiger partial charge in [0.05, 0.1) is 15.6 Å². The third-order valence-electron chi connectivity index (χ3n) is 3.07. The molecule has 4 nitrogen and oxygen atoms in total. The van der Waals surface area contributed by atoms with E-state index in [9.17, 15) is 13.2 Å². The molecular weight excluding hydrogens is 274 g/mol. The minimum absolute atomic E-state index is 0.0166. The molecule has 0 aromatic heterocycles. The van der Waals surface area contributed by atoms with Gasteiger partial charge in [-0.3, -0.25) is 4.79 Å². The first-order valence-electron chi connectivity index (χ1n) is 5.59. The van der Waals surface area contributed by atoms with E-state index in [1.165, 1.54) is 18.2 Å². The molecular formula is C12H14ClNO3S. The number of carbonyl (C=O) groups excluding carboxylic acids is 1. The summed E-state index contributed by atoms with van der Waals surface area (Å²) in [5.41, 5.74) is 0.351. The van der Waals surface area contributed by atoms with Crippen molar-refractivity contribution in [2.75, 3.05) is 11.6 Å². The summed E-state index contributed by atoms with van der Waals surface area (Å²) in [7, 11) is -3.30. The van der Waals surface area contributed by atoms with Gasteiger partial charge in [0.15, 0.2) is 9.84 Å². The van der Waals surface area contributed by atoms with Gasteiger partial charge < -0.3 is 5.32 Å². The first kappa shape index (κ1) is 13.4. The highest BCUT2D eigenvalue weighted by Gasteiger charge is 2.39. The van der Waals surface area contributed by atoms with Gasteiger partial charge in [-0.1, -0.05) is 18.5 Å². The second-order valence-electron chi connectivity index (χ2n) is 4.72. The SMILES string of the molecule is CC1CC1C(=O)Nc1cc(S(C)(=O)=O)ccc1Cl. The van der Waals surface area contributed by atoms with Crippen LogP contribution in [0.4, 0.5) is 5.69 Å². The molecule has 98 valence electrons. The van der Waals surface area contributed by atoms with Crippen molar-refractivity contribution in [2.24, 2.45) is 11.8 Å². The van der Waals surface area contributed by atoms with E-state index >= 15 is 0 Å². The van der Waals surface area contributed by atoms with Gasteiger partial charge in [0.1, 0.15) is 0 Å². The number of hydrogen-bond donors (Lipinski definition) is 1. The van der Waals surface area contributed by atoms with Crippen molar-refractivity contribution in [3.05, 3.63) is 23.2 Å². The number of halogens is 1. The molecule has 2 unspecified atom stereocenters. The van der Waals surface area contributed by atoms with Crippen molar-refractivity contribution in [2.45, 2.75) is 18.2 Å². The molecule has 0 aliphatic heterocycles. The maximum absolute atomic E-state index is 11.8. The molecule has 1 saturated carbocycles. The van der Waals surface area contributed by atoms with E-state index in [1.807, 2.05) is 6.92 Å². The Bertz CT molecular complexity index is 597. The second kappa shape index (κ2) is 4.55. The molecule has 1 N–H and O–H groups in total. The fourth-order valence-corrected chi connectivity index (χ4v) is 2.56. The summed E-state index contributed by atoms with van der Waals surface area (Å²) >= 11 is 5.94. The molecule has 0 radical (unpaired) electrons. The summed E-state index contributed by atoms with van der Waals surface area (Å²) in [5, 5.41) is 3.02. The van der Waals surface area contributed by atoms with Crippen LogP contribution in [0.25, 0.3) is 0 Å². The van der Waals surface area contributed by atoms with Gasteiger partial charge in [0, 0.05) is 12.2 Å². The van der Waals surface area contributed by atoms with Crippen LogP contribution < -0.4 is 5.32 Å². The van der Waals surface area contributed by atoms with Gasteiger partial charge in [0.25, 0.3) is 0 Å². The number of nitrogens with one attached hydrogen (secondary N) is 1. The maximum Gasteiger partial charge on any atom is 0.227 e. The summed E-state index contributed by atoms with van der Waals surface area (Å²) in [6, 6.07) is 4.29. The highest BCUT2D eigenvalue weighted by Crippen LogP contribution is 2.39. The number of amides is 1. The average molecular weight is 288 g/mol. The normalized spacial score (nSPS) is 22.6. The fraction of sp³-hybridized carbons (Fsp3) is 0.417. The number of hydrogen-bond acceptors (Lipinski definition) is 3. The van der Waals surface area contributed by atoms with Gasteiger partial charge in [-0.25, -0.2) is 8.42 Å². The van der Waals surface area contributed by atoms with Crippen molar-refractivity contribution in [3.8, 4) is 0 Å². The predicted molar refractivity (Wildman–Crippen MR) is 70.5 cm³/mol.